The van der Waals surface area contributed by atoms with Gasteiger partial charge < -0.3 is 15.2 Å². The molecular formula is C17H33NO4. The molecule has 130 valence electrons. The second-order valence-electron chi connectivity index (χ2n) is 8.09. The summed E-state index contributed by atoms with van der Waals surface area (Å²) in [6.45, 7) is 15.7. The Kier molecular flexibility index (Phi) is 7.55. The first-order valence-corrected chi connectivity index (χ1v) is 7.90. The average Bonchev–Trinajstić information content (AvgIpc) is 2.33. The average molecular weight is 315 g/mol. The van der Waals surface area contributed by atoms with E-state index in [2.05, 4.69) is 0 Å². The normalized spacial score (nSPS) is 16.6. The zero-order valence-corrected chi connectivity index (χ0v) is 15.4. The predicted octanol–water partition coefficient (Wildman–Crippen LogP) is 3.05. The summed E-state index contributed by atoms with van der Waals surface area (Å²) >= 11 is 0. The highest BCUT2D eigenvalue weighted by atomic mass is 16.5. The van der Waals surface area contributed by atoms with Crippen LogP contribution >= 0.6 is 0 Å². The molecule has 0 saturated heterocycles. The van der Waals surface area contributed by atoms with Crippen LogP contribution in [0.4, 0.5) is 0 Å². The Balaban J connectivity index is 4.25. The van der Waals surface area contributed by atoms with Gasteiger partial charge in [0.25, 0.3) is 0 Å². The van der Waals surface area contributed by atoms with Crippen molar-refractivity contribution in [3.63, 3.8) is 0 Å². The molecule has 0 aromatic carbocycles. The largest absolute Gasteiger partial charge is 0.462 e. The molecule has 2 unspecified atom stereocenters. The van der Waals surface area contributed by atoms with Crippen molar-refractivity contribution in [2.75, 3.05) is 0 Å². The molecule has 0 fully saturated rings. The quantitative estimate of drug-likeness (QED) is 0.762. The summed E-state index contributed by atoms with van der Waals surface area (Å²) in [5.74, 6) is -0.811. The van der Waals surface area contributed by atoms with Gasteiger partial charge in [-0.25, -0.2) is 0 Å². The molecule has 2 N–H and O–H groups in total. The van der Waals surface area contributed by atoms with Crippen LogP contribution in [-0.2, 0) is 19.1 Å². The summed E-state index contributed by atoms with van der Waals surface area (Å²) in [7, 11) is 0. The maximum atomic E-state index is 11.9. The molecule has 3 atom stereocenters. The first-order chi connectivity index (χ1) is 9.75. The molecule has 0 amide bonds. The van der Waals surface area contributed by atoms with Crippen molar-refractivity contribution < 1.29 is 19.1 Å². The molecule has 0 spiro atoms. The summed E-state index contributed by atoms with van der Waals surface area (Å²) < 4.78 is 10.7. The van der Waals surface area contributed by atoms with Gasteiger partial charge in [-0.1, -0.05) is 41.5 Å². The molecule has 0 aliphatic rings. The first-order valence-electron chi connectivity index (χ1n) is 7.90. The van der Waals surface area contributed by atoms with E-state index in [1.165, 1.54) is 0 Å². The highest BCUT2D eigenvalue weighted by Crippen LogP contribution is 2.23. The Bertz CT molecular complexity index is 379. The van der Waals surface area contributed by atoms with Gasteiger partial charge in [-0.2, -0.15) is 0 Å². The van der Waals surface area contributed by atoms with Gasteiger partial charge in [-0.3, -0.25) is 9.59 Å². The van der Waals surface area contributed by atoms with Crippen LogP contribution in [0.1, 0.15) is 68.2 Å². The van der Waals surface area contributed by atoms with Crippen LogP contribution in [0, 0.1) is 10.8 Å². The van der Waals surface area contributed by atoms with E-state index in [4.69, 9.17) is 15.2 Å². The second kappa shape index (κ2) is 7.95. The third-order valence-corrected chi connectivity index (χ3v) is 4.00. The van der Waals surface area contributed by atoms with Crippen LogP contribution < -0.4 is 5.73 Å². The van der Waals surface area contributed by atoms with Crippen molar-refractivity contribution >= 4 is 11.9 Å². The van der Waals surface area contributed by atoms with E-state index in [-0.39, 0.29) is 41.8 Å². The second-order valence-corrected chi connectivity index (χ2v) is 8.09. The van der Waals surface area contributed by atoms with Gasteiger partial charge >= 0.3 is 11.9 Å². The lowest BCUT2D eigenvalue weighted by Gasteiger charge is -2.28. The van der Waals surface area contributed by atoms with Gasteiger partial charge in [0.05, 0.1) is 0 Å². The minimum absolute atomic E-state index is 0.112. The molecule has 0 aliphatic carbocycles. The maximum absolute atomic E-state index is 11.9. The molecule has 0 aromatic rings. The van der Waals surface area contributed by atoms with E-state index in [0.717, 1.165) is 0 Å². The van der Waals surface area contributed by atoms with E-state index in [1.54, 1.807) is 0 Å². The number of ether oxygens (including phenoxy) is 2. The van der Waals surface area contributed by atoms with Gasteiger partial charge in [-0.05, 0) is 31.1 Å². The zero-order valence-electron chi connectivity index (χ0n) is 15.4. The molecule has 0 heterocycles. The van der Waals surface area contributed by atoms with Crippen LogP contribution in [0.5, 0.6) is 0 Å². The van der Waals surface area contributed by atoms with Crippen molar-refractivity contribution in [1.29, 1.82) is 0 Å². The van der Waals surface area contributed by atoms with Crippen molar-refractivity contribution in [2.45, 2.75) is 86.5 Å². The van der Waals surface area contributed by atoms with Crippen LogP contribution in [0.15, 0.2) is 0 Å². The Morgan fingerprint density at radius 1 is 0.909 bits per heavy atom. The molecule has 5 heteroatoms. The van der Waals surface area contributed by atoms with E-state index in [0.29, 0.717) is 0 Å². The number of esters is 2. The Labute approximate surface area is 134 Å². The van der Waals surface area contributed by atoms with Crippen molar-refractivity contribution in [2.24, 2.45) is 16.6 Å². The number of carbonyl (C=O) groups excluding carboxylic acids is 2. The van der Waals surface area contributed by atoms with Crippen molar-refractivity contribution in [1.82, 2.24) is 0 Å². The number of hydrogen-bond acceptors (Lipinski definition) is 5. The highest BCUT2D eigenvalue weighted by Gasteiger charge is 2.27. The summed E-state index contributed by atoms with van der Waals surface area (Å²) in [6.07, 6.45) is -0.0885. The maximum Gasteiger partial charge on any atom is 0.323 e. The molecule has 0 rings (SSSR count). The monoisotopic (exact) mass is 315 g/mol. The summed E-state index contributed by atoms with van der Waals surface area (Å²) in [4.78, 5) is 23.7. The summed E-state index contributed by atoms with van der Waals surface area (Å²) in [6, 6.07) is -0.803. The molecule has 0 bridgehead atoms. The smallest absolute Gasteiger partial charge is 0.323 e. The molecule has 0 radical (unpaired) electrons. The lowest BCUT2D eigenvalue weighted by atomic mass is 9.90. The third-order valence-electron chi connectivity index (χ3n) is 4.00. The summed E-state index contributed by atoms with van der Waals surface area (Å²) in [5.41, 5.74) is 5.54. The SMILES string of the molecule is CC(OC(=O)CC[C@@H](N)C(=O)OC(C)C(C)(C)C)C(C)(C)C. The van der Waals surface area contributed by atoms with Gasteiger partial charge in [-0.15, -0.1) is 0 Å². The fourth-order valence-corrected chi connectivity index (χ4v) is 1.26. The number of carbonyl (C=O) groups is 2. The minimum Gasteiger partial charge on any atom is -0.462 e. The van der Waals surface area contributed by atoms with Crippen LogP contribution in [0.2, 0.25) is 0 Å². The Morgan fingerprint density at radius 3 is 1.73 bits per heavy atom. The fraction of sp³-hybridized carbons (Fsp3) is 0.882. The van der Waals surface area contributed by atoms with Crippen molar-refractivity contribution in [3.8, 4) is 0 Å². The molecule has 0 aliphatic heterocycles. The number of hydrogen-bond donors (Lipinski definition) is 1. The first kappa shape index (κ1) is 20.9. The molecule has 5 nitrogen and oxygen atoms in total. The minimum atomic E-state index is -0.803. The third kappa shape index (κ3) is 7.78. The Hall–Kier alpha value is -1.10. The number of nitrogens with two attached hydrogens (primary N) is 1. The molecular weight excluding hydrogens is 282 g/mol. The van der Waals surface area contributed by atoms with E-state index < -0.39 is 12.0 Å². The predicted molar refractivity (Wildman–Crippen MR) is 87.2 cm³/mol. The lowest BCUT2D eigenvalue weighted by Crippen LogP contribution is -2.38. The topological polar surface area (TPSA) is 78.6 Å². The zero-order chi connectivity index (χ0) is 17.7. The van der Waals surface area contributed by atoms with Gasteiger partial charge in [0.1, 0.15) is 18.2 Å². The van der Waals surface area contributed by atoms with Crippen molar-refractivity contribution in [3.05, 3.63) is 0 Å². The Morgan fingerprint density at radius 2 is 1.32 bits per heavy atom. The van der Waals surface area contributed by atoms with E-state index in [1.807, 2.05) is 55.4 Å². The van der Waals surface area contributed by atoms with Gasteiger partial charge in [0.15, 0.2) is 0 Å². The molecule has 22 heavy (non-hydrogen) atoms. The van der Waals surface area contributed by atoms with E-state index >= 15 is 0 Å². The lowest BCUT2D eigenvalue weighted by molar-refractivity contribution is -0.156. The fourth-order valence-electron chi connectivity index (χ4n) is 1.26. The van der Waals surface area contributed by atoms with Crippen LogP contribution in [0.3, 0.4) is 0 Å². The van der Waals surface area contributed by atoms with Crippen LogP contribution in [-0.4, -0.2) is 30.2 Å². The molecule has 0 saturated carbocycles. The van der Waals surface area contributed by atoms with Crippen LogP contribution in [0.25, 0.3) is 0 Å². The summed E-state index contributed by atoms with van der Waals surface area (Å²) in [5, 5.41) is 0. The van der Waals surface area contributed by atoms with E-state index in [9.17, 15) is 9.59 Å². The number of rotatable bonds is 6. The molecule has 0 aromatic heterocycles. The van der Waals surface area contributed by atoms with Gasteiger partial charge in [0, 0.05) is 6.42 Å². The standard InChI is InChI=1S/C17H33NO4/c1-11(16(3,4)5)21-14(19)10-9-13(18)15(20)22-12(2)17(6,7)8/h11-13H,9-10,18H2,1-8H3/t11?,12?,13-/m1/s1. The van der Waals surface area contributed by atoms with Gasteiger partial charge in [0.2, 0.25) is 0 Å². The highest BCUT2D eigenvalue weighted by molar-refractivity contribution is 5.77.